The molecule has 0 aliphatic carbocycles. The SMILES string of the molecule is Cc1ccc(-c2cccc(C(F)(F)F)c2)nc1C(=O)Nc1c(C)ccc(C(=O)O)c1C. The molecule has 5 nitrogen and oxygen atoms in total. The van der Waals surface area contributed by atoms with Crippen molar-refractivity contribution in [3.63, 3.8) is 0 Å². The lowest BCUT2D eigenvalue weighted by molar-refractivity contribution is -0.137. The lowest BCUT2D eigenvalue weighted by atomic mass is 10.0. The van der Waals surface area contributed by atoms with Crippen molar-refractivity contribution in [2.75, 3.05) is 5.32 Å². The molecular formula is C23H19F3N2O3. The van der Waals surface area contributed by atoms with Crippen LogP contribution in [0.5, 0.6) is 0 Å². The second-order valence-corrected chi connectivity index (χ2v) is 7.13. The maximum absolute atomic E-state index is 13.0. The molecule has 31 heavy (non-hydrogen) atoms. The average molecular weight is 428 g/mol. The Bertz CT molecular complexity index is 1190. The van der Waals surface area contributed by atoms with Crippen molar-refractivity contribution in [3.8, 4) is 11.3 Å². The Morgan fingerprint density at radius 3 is 2.29 bits per heavy atom. The summed E-state index contributed by atoms with van der Waals surface area (Å²) in [6.45, 7) is 4.98. The molecule has 0 aliphatic rings. The lowest BCUT2D eigenvalue weighted by Gasteiger charge is -2.15. The first-order chi connectivity index (χ1) is 14.5. The van der Waals surface area contributed by atoms with Gasteiger partial charge >= 0.3 is 12.1 Å². The van der Waals surface area contributed by atoms with Crippen LogP contribution in [0.15, 0.2) is 48.5 Å². The van der Waals surface area contributed by atoms with Crippen LogP contribution in [0.2, 0.25) is 0 Å². The van der Waals surface area contributed by atoms with Gasteiger partial charge in [0.2, 0.25) is 0 Å². The van der Waals surface area contributed by atoms with Crippen molar-refractivity contribution < 1.29 is 27.9 Å². The maximum atomic E-state index is 13.0. The van der Waals surface area contributed by atoms with E-state index in [2.05, 4.69) is 10.3 Å². The number of benzene rings is 2. The molecule has 0 fully saturated rings. The van der Waals surface area contributed by atoms with Crippen LogP contribution in [0.25, 0.3) is 11.3 Å². The number of rotatable bonds is 4. The molecule has 1 heterocycles. The van der Waals surface area contributed by atoms with Crippen molar-refractivity contribution in [1.82, 2.24) is 4.98 Å². The number of carboxylic acid groups (broad SMARTS) is 1. The van der Waals surface area contributed by atoms with Crippen LogP contribution in [0.1, 0.15) is 43.1 Å². The number of amides is 1. The number of aryl methyl sites for hydroxylation is 2. The molecule has 0 spiro atoms. The van der Waals surface area contributed by atoms with Crippen LogP contribution in [0, 0.1) is 20.8 Å². The summed E-state index contributed by atoms with van der Waals surface area (Å²) >= 11 is 0. The first-order valence-corrected chi connectivity index (χ1v) is 9.29. The fraction of sp³-hybridized carbons (Fsp3) is 0.174. The van der Waals surface area contributed by atoms with Gasteiger partial charge in [0.1, 0.15) is 5.69 Å². The third-order valence-electron chi connectivity index (χ3n) is 4.94. The number of carbonyl (C=O) groups is 2. The van der Waals surface area contributed by atoms with Crippen LogP contribution in [-0.4, -0.2) is 22.0 Å². The van der Waals surface area contributed by atoms with Gasteiger partial charge in [-0.2, -0.15) is 13.2 Å². The Kier molecular flexibility index (Phi) is 5.83. The third-order valence-corrected chi connectivity index (χ3v) is 4.94. The number of halogens is 3. The Morgan fingerprint density at radius 2 is 1.65 bits per heavy atom. The molecule has 0 bridgehead atoms. The van der Waals surface area contributed by atoms with E-state index >= 15 is 0 Å². The molecule has 0 unspecified atom stereocenters. The summed E-state index contributed by atoms with van der Waals surface area (Å²) in [6.07, 6.45) is -4.49. The van der Waals surface area contributed by atoms with Crippen LogP contribution in [0.4, 0.5) is 18.9 Å². The molecule has 8 heteroatoms. The quantitative estimate of drug-likeness (QED) is 0.563. The van der Waals surface area contributed by atoms with Crippen LogP contribution < -0.4 is 5.32 Å². The molecule has 0 saturated heterocycles. The summed E-state index contributed by atoms with van der Waals surface area (Å²) in [4.78, 5) is 28.6. The zero-order chi connectivity index (χ0) is 22.9. The fourth-order valence-corrected chi connectivity index (χ4v) is 3.22. The van der Waals surface area contributed by atoms with E-state index in [4.69, 9.17) is 0 Å². The van der Waals surface area contributed by atoms with Gasteiger partial charge in [0.15, 0.2) is 0 Å². The Hall–Kier alpha value is -3.68. The Morgan fingerprint density at radius 1 is 0.968 bits per heavy atom. The molecule has 3 aromatic rings. The highest BCUT2D eigenvalue weighted by Crippen LogP contribution is 2.32. The monoisotopic (exact) mass is 428 g/mol. The lowest BCUT2D eigenvalue weighted by Crippen LogP contribution is -2.18. The van der Waals surface area contributed by atoms with Gasteiger partial charge in [-0.05, 0) is 61.7 Å². The van der Waals surface area contributed by atoms with Gasteiger partial charge in [-0.3, -0.25) is 4.79 Å². The first kappa shape index (κ1) is 22.0. The van der Waals surface area contributed by atoms with Crippen molar-refractivity contribution in [2.24, 2.45) is 0 Å². The number of hydrogen-bond donors (Lipinski definition) is 2. The summed E-state index contributed by atoms with van der Waals surface area (Å²) in [7, 11) is 0. The van der Waals surface area contributed by atoms with Gasteiger partial charge in [-0.25, -0.2) is 9.78 Å². The smallest absolute Gasteiger partial charge is 0.416 e. The zero-order valence-electron chi connectivity index (χ0n) is 17.0. The number of carbonyl (C=O) groups excluding carboxylic acids is 1. The van der Waals surface area contributed by atoms with E-state index in [-0.39, 0.29) is 22.5 Å². The molecule has 0 saturated carbocycles. The number of nitrogens with one attached hydrogen (secondary N) is 1. The minimum Gasteiger partial charge on any atom is -0.478 e. The Labute approximate surface area is 176 Å². The van der Waals surface area contributed by atoms with E-state index in [0.29, 0.717) is 22.4 Å². The van der Waals surface area contributed by atoms with Crippen LogP contribution in [-0.2, 0) is 6.18 Å². The average Bonchev–Trinajstić information content (AvgIpc) is 2.70. The Balaban J connectivity index is 1.99. The fourth-order valence-electron chi connectivity index (χ4n) is 3.22. The van der Waals surface area contributed by atoms with E-state index in [9.17, 15) is 27.9 Å². The van der Waals surface area contributed by atoms with Gasteiger partial charge in [0, 0.05) is 11.3 Å². The number of anilines is 1. The van der Waals surface area contributed by atoms with Crippen molar-refractivity contribution in [1.29, 1.82) is 0 Å². The second kappa shape index (κ2) is 8.22. The normalized spacial score (nSPS) is 11.3. The number of pyridine rings is 1. The van der Waals surface area contributed by atoms with Crippen molar-refractivity contribution in [2.45, 2.75) is 26.9 Å². The van der Waals surface area contributed by atoms with Crippen molar-refractivity contribution >= 4 is 17.6 Å². The van der Waals surface area contributed by atoms with Gasteiger partial charge in [-0.1, -0.05) is 24.3 Å². The molecule has 2 aromatic carbocycles. The number of aromatic carboxylic acids is 1. The second-order valence-electron chi connectivity index (χ2n) is 7.13. The largest absolute Gasteiger partial charge is 0.478 e. The minimum atomic E-state index is -4.49. The minimum absolute atomic E-state index is 0.0365. The van der Waals surface area contributed by atoms with E-state index in [0.717, 1.165) is 12.1 Å². The van der Waals surface area contributed by atoms with Crippen LogP contribution >= 0.6 is 0 Å². The number of carboxylic acids is 1. The molecule has 0 radical (unpaired) electrons. The van der Waals surface area contributed by atoms with Gasteiger partial charge in [-0.15, -0.1) is 0 Å². The standard InChI is InChI=1S/C23H19F3N2O3/c1-12-7-9-17(22(30)31)14(3)19(12)28-21(29)20-13(2)8-10-18(27-20)15-5-4-6-16(11-15)23(24,25)26/h4-11H,1-3H3,(H,28,29)(H,30,31). The molecule has 0 atom stereocenters. The summed E-state index contributed by atoms with van der Waals surface area (Å²) in [5.74, 6) is -1.70. The van der Waals surface area contributed by atoms with E-state index in [1.54, 1.807) is 39.0 Å². The zero-order valence-corrected chi connectivity index (χ0v) is 17.0. The van der Waals surface area contributed by atoms with E-state index in [1.807, 2.05) is 0 Å². The number of nitrogens with zero attached hydrogens (tertiary/aromatic N) is 1. The predicted octanol–water partition coefficient (Wildman–Crippen LogP) is 5.64. The summed E-state index contributed by atoms with van der Waals surface area (Å²) in [6, 6.07) is 10.9. The van der Waals surface area contributed by atoms with Gasteiger partial charge in [0.25, 0.3) is 5.91 Å². The maximum Gasteiger partial charge on any atom is 0.416 e. The highest BCUT2D eigenvalue weighted by atomic mass is 19.4. The molecular weight excluding hydrogens is 409 g/mol. The number of aromatic nitrogens is 1. The molecule has 160 valence electrons. The highest BCUT2D eigenvalue weighted by Gasteiger charge is 2.30. The third kappa shape index (κ3) is 4.58. The molecule has 1 amide bonds. The van der Waals surface area contributed by atoms with Crippen LogP contribution in [0.3, 0.4) is 0 Å². The predicted molar refractivity (Wildman–Crippen MR) is 110 cm³/mol. The molecule has 1 aromatic heterocycles. The molecule has 0 aliphatic heterocycles. The van der Waals surface area contributed by atoms with Gasteiger partial charge in [0.05, 0.1) is 16.8 Å². The van der Waals surface area contributed by atoms with Gasteiger partial charge < -0.3 is 10.4 Å². The summed E-state index contributed by atoms with van der Waals surface area (Å²) in [5.41, 5.74) is 1.68. The number of alkyl halides is 3. The van der Waals surface area contributed by atoms with Crippen molar-refractivity contribution in [3.05, 3.63) is 82.0 Å². The summed E-state index contributed by atoms with van der Waals surface area (Å²) < 4.78 is 39.1. The highest BCUT2D eigenvalue weighted by molar-refractivity contribution is 6.06. The summed E-state index contributed by atoms with van der Waals surface area (Å²) in [5, 5.41) is 12.0. The molecule has 3 rings (SSSR count). The molecule has 2 N–H and O–H groups in total. The van der Waals surface area contributed by atoms with E-state index < -0.39 is 23.6 Å². The number of hydrogen-bond acceptors (Lipinski definition) is 3. The topological polar surface area (TPSA) is 79.3 Å². The first-order valence-electron chi connectivity index (χ1n) is 9.29. The van der Waals surface area contributed by atoms with E-state index in [1.165, 1.54) is 18.2 Å².